The molecular weight excluding hydrogens is 354 g/mol. The van der Waals surface area contributed by atoms with Gasteiger partial charge in [0.2, 0.25) is 11.8 Å². The van der Waals surface area contributed by atoms with E-state index >= 15 is 0 Å². The van der Waals surface area contributed by atoms with E-state index in [1.807, 2.05) is 0 Å². The topological polar surface area (TPSA) is 148 Å². The highest BCUT2D eigenvalue weighted by molar-refractivity contribution is 8.00. The highest BCUT2D eigenvalue weighted by atomic mass is 32.2. The van der Waals surface area contributed by atoms with Crippen LogP contribution in [-0.2, 0) is 14.4 Å². The van der Waals surface area contributed by atoms with Gasteiger partial charge in [-0.1, -0.05) is 0 Å². The van der Waals surface area contributed by atoms with Crippen LogP contribution in [0.3, 0.4) is 0 Å². The number of nitro groups is 1. The standard InChI is InChI=1S/C14H15N3O7S/c1-24-7-2-3-8(10(4-7)17(22)23)15-12(18)5-11-13(19)16-9(6-25-11)14(20)21/h2-4,9,11H,5-6H2,1H3,(H,15,18)(H,16,19)(H,20,21)/t9-,11-/m0/s1. The predicted octanol–water partition coefficient (Wildman–Crippen LogP) is 0.617. The summed E-state index contributed by atoms with van der Waals surface area (Å²) < 4.78 is 4.91. The van der Waals surface area contributed by atoms with Crippen LogP contribution in [0.5, 0.6) is 5.75 Å². The zero-order chi connectivity index (χ0) is 18.6. The molecule has 0 saturated carbocycles. The molecule has 25 heavy (non-hydrogen) atoms. The van der Waals surface area contributed by atoms with Crippen molar-refractivity contribution in [3.8, 4) is 5.75 Å². The Kier molecular flexibility index (Phi) is 5.80. The molecule has 3 N–H and O–H groups in total. The summed E-state index contributed by atoms with van der Waals surface area (Å²) in [7, 11) is 1.36. The van der Waals surface area contributed by atoms with Gasteiger partial charge in [-0.3, -0.25) is 19.7 Å². The van der Waals surface area contributed by atoms with Gasteiger partial charge in [0.25, 0.3) is 5.69 Å². The maximum atomic E-state index is 12.1. The number of aliphatic carboxylic acids is 1. The zero-order valence-corrected chi connectivity index (χ0v) is 13.9. The normalized spacial score (nSPS) is 19.6. The summed E-state index contributed by atoms with van der Waals surface area (Å²) in [6.07, 6.45) is -0.230. The van der Waals surface area contributed by atoms with Gasteiger partial charge in [-0.25, -0.2) is 4.79 Å². The summed E-state index contributed by atoms with van der Waals surface area (Å²) in [5, 5.41) is 23.9. The lowest BCUT2D eigenvalue weighted by Crippen LogP contribution is -2.51. The number of carbonyl (C=O) groups is 3. The molecule has 0 spiro atoms. The average molecular weight is 369 g/mol. The molecule has 2 rings (SSSR count). The minimum Gasteiger partial charge on any atom is -0.496 e. The highest BCUT2D eigenvalue weighted by Gasteiger charge is 2.33. The number of amides is 2. The lowest BCUT2D eigenvalue weighted by molar-refractivity contribution is -0.384. The molecule has 2 amide bonds. The number of nitrogens with zero attached hydrogens (tertiary/aromatic N) is 1. The molecule has 1 aliphatic heterocycles. The smallest absolute Gasteiger partial charge is 0.327 e. The van der Waals surface area contributed by atoms with Gasteiger partial charge in [0.15, 0.2) is 0 Å². The van der Waals surface area contributed by atoms with Gasteiger partial charge in [0.05, 0.1) is 23.3 Å². The summed E-state index contributed by atoms with van der Waals surface area (Å²) in [4.78, 5) is 45.2. The quantitative estimate of drug-likeness (QED) is 0.488. The summed E-state index contributed by atoms with van der Waals surface area (Å²) >= 11 is 1.06. The first-order valence-corrected chi connectivity index (χ1v) is 8.13. The molecule has 1 aromatic rings. The fraction of sp³-hybridized carbons (Fsp3) is 0.357. The molecule has 0 radical (unpaired) electrons. The van der Waals surface area contributed by atoms with Crippen molar-refractivity contribution in [2.24, 2.45) is 0 Å². The molecule has 0 bridgehead atoms. The summed E-state index contributed by atoms with van der Waals surface area (Å²) in [6.45, 7) is 0. The number of carbonyl (C=O) groups excluding carboxylic acids is 2. The van der Waals surface area contributed by atoms with Crippen LogP contribution in [0.25, 0.3) is 0 Å². The Hall–Kier alpha value is -2.82. The lowest BCUT2D eigenvalue weighted by Gasteiger charge is -2.25. The SMILES string of the molecule is COc1ccc(NC(=O)C[C@@H]2SC[C@@H](C(=O)O)NC2=O)c([N+](=O)[O-])c1. The van der Waals surface area contributed by atoms with E-state index in [9.17, 15) is 24.5 Å². The molecule has 134 valence electrons. The van der Waals surface area contributed by atoms with E-state index in [0.29, 0.717) is 0 Å². The molecule has 1 heterocycles. The number of carboxylic acid groups (broad SMARTS) is 1. The monoisotopic (exact) mass is 369 g/mol. The fourth-order valence-electron chi connectivity index (χ4n) is 2.14. The number of hydrogen-bond acceptors (Lipinski definition) is 7. The van der Waals surface area contributed by atoms with Crippen LogP contribution in [0, 0.1) is 10.1 Å². The van der Waals surface area contributed by atoms with E-state index in [1.165, 1.54) is 25.3 Å². The van der Waals surface area contributed by atoms with E-state index in [1.54, 1.807) is 0 Å². The second-order valence-electron chi connectivity index (χ2n) is 5.11. The summed E-state index contributed by atoms with van der Waals surface area (Å²) in [5.74, 6) is -1.87. The number of nitrogens with one attached hydrogen (secondary N) is 2. The number of rotatable bonds is 6. The van der Waals surface area contributed by atoms with Crippen molar-refractivity contribution in [1.29, 1.82) is 0 Å². The molecule has 2 atom stereocenters. The predicted molar refractivity (Wildman–Crippen MR) is 88.7 cm³/mol. The summed E-state index contributed by atoms with van der Waals surface area (Å²) in [6, 6.07) is 2.99. The van der Waals surface area contributed by atoms with Crippen LogP contribution in [0.15, 0.2) is 18.2 Å². The largest absolute Gasteiger partial charge is 0.496 e. The van der Waals surface area contributed by atoms with Gasteiger partial charge < -0.3 is 20.5 Å². The maximum absolute atomic E-state index is 12.1. The molecule has 10 nitrogen and oxygen atoms in total. The van der Waals surface area contributed by atoms with Crippen molar-refractivity contribution in [3.63, 3.8) is 0 Å². The number of nitro benzene ring substituents is 1. The fourth-order valence-corrected chi connectivity index (χ4v) is 3.28. The Morgan fingerprint density at radius 1 is 1.52 bits per heavy atom. The molecule has 1 fully saturated rings. The third kappa shape index (κ3) is 4.59. The number of ether oxygens (including phenoxy) is 1. The van der Waals surface area contributed by atoms with Crippen molar-refractivity contribution in [2.45, 2.75) is 17.7 Å². The van der Waals surface area contributed by atoms with E-state index < -0.39 is 34.0 Å². The Labute approximate surface area is 146 Å². The molecule has 0 aliphatic carbocycles. The third-order valence-corrected chi connectivity index (χ3v) is 4.73. The first-order valence-electron chi connectivity index (χ1n) is 7.09. The number of thioether (sulfide) groups is 1. The summed E-state index contributed by atoms with van der Waals surface area (Å²) in [5.41, 5.74) is -0.347. The Morgan fingerprint density at radius 2 is 2.24 bits per heavy atom. The molecule has 1 saturated heterocycles. The van der Waals surface area contributed by atoms with Crippen LogP contribution in [0.4, 0.5) is 11.4 Å². The lowest BCUT2D eigenvalue weighted by atomic mass is 10.2. The van der Waals surface area contributed by atoms with Gasteiger partial charge in [0, 0.05) is 12.2 Å². The number of methoxy groups -OCH3 is 1. The molecule has 0 unspecified atom stereocenters. The number of anilines is 1. The minimum atomic E-state index is -1.14. The van der Waals surface area contributed by atoms with Crippen LogP contribution in [-0.4, -0.2) is 52.0 Å². The molecule has 11 heteroatoms. The Bertz CT molecular complexity index is 724. The minimum absolute atomic E-state index is 0.0135. The van der Waals surface area contributed by atoms with Crippen molar-refractivity contribution in [2.75, 3.05) is 18.2 Å². The molecular formula is C14H15N3O7S. The van der Waals surface area contributed by atoms with E-state index in [2.05, 4.69) is 10.6 Å². The first kappa shape index (κ1) is 18.5. The van der Waals surface area contributed by atoms with Crippen LogP contribution < -0.4 is 15.4 Å². The van der Waals surface area contributed by atoms with Gasteiger partial charge in [0.1, 0.15) is 17.5 Å². The van der Waals surface area contributed by atoms with Crippen LogP contribution in [0.2, 0.25) is 0 Å². The highest BCUT2D eigenvalue weighted by Crippen LogP contribution is 2.29. The Balaban J connectivity index is 2.02. The van der Waals surface area contributed by atoms with Crippen molar-refractivity contribution < 1.29 is 29.2 Å². The third-order valence-electron chi connectivity index (χ3n) is 3.42. The van der Waals surface area contributed by atoms with E-state index in [0.717, 1.165) is 11.8 Å². The van der Waals surface area contributed by atoms with Crippen molar-refractivity contribution >= 4 is 40.9 Å². The van der Waals surface area contributed by atoms with Gasteiger partial charge in [-0.2, -0.15) is 0 Å². The van der Waals surface area contributed by atoms with Crippen LogP contribution >= 0.6 is 11.8 Å². The molecule has 1 aliphatic rings. The first-order chi connectivity index (χ1) is 11.8. The zero-order valence-electron chi connectivity index (χ0n) is 13.1. The van der Waals surface area contributed by atoms with Crippen molar-refractivity contribution in [3.05, 3.63) is 28.3 Å². The maximum Gasteiger partial charge on any atom is 0.327 e. The Morgan fingerprint density at radius 3 is 2.80 bits per heavy atom. The van der Waals surface area contributed by atoms with Gasteiger partial charge in [-0.15, -0.1) is 11.8 Å². The van der Waals surface area contributed by atoms with Gasteiger partial charge in [-0.05, 0) is 12.1 Å². The second-order valence-corrected chi connectivity index (χ2v) is 6.35. The van der Waals surface area contributed by atoms with Crippen molar-refractivity contribution in [1.82, 2.24) is 5.32 Å². The average Bonchev–Trinajstić information content (AvgIpc) is 2.56. The van der Waals surface area contributed by atoms with Gasteiger partial charge >= 0.3 is 5.97 Å². The number of benzene rings is 1. The second kappa shape index (κ2) is 7.83. The molecule has 0 aromatic heterocycles. The molecule has 1 aromatic carbocycles. The van der Waals surface area contributed by atoms with E-state index in [-0.39, 0.29) is 29.3 Å². The van der Waals surface area contributed by atoms with E-state index in [4.69, 9.17) is 9.84 Å². The number of hydrogen-bond donors (Lipinski definition) is 3. The van der Waals surface area contributed by atoms with Crippen LogP contribution in [0.1, 0.15) is 6.42 Å². The number of carboxylic acids is 1.